The molecule has 0 amide bonds. The first-order chi connectivity index (χ1) is 14.5. The minimum absolute atomic E-state index is 0.238. The Balaban J connectivity index is 1.81. The average molecular weight is 404 g/mol. The number of allylic oxidation sites excluding steroid dienone is 3. The Hall–Kier alpha value is -3.81. The molecule has 0 unspecified atom stereocenters. The van der Waals surface area contributed by atoms with Gasteiger partial charge in [0, 0.05) is 30.6 Å². The molecule has 3 heterocycles. The van der Waals surface area contributed by atoms with Crippen LogP contribution in [0.3, 0.4) is 0 Å². The Morgan fingerprint density at radius 1 is 1.20 bits per heavy atom. The van der Waals surface area contributed by atoms with Crippen LogP contribution >= 0.6 is 0 Å². The number of halogens is 2. The quantitative estimate of drug-likeness (QED) is 0.562. The van der Waals surface area contributed by atoms with Crippen molar-refractivity contribution in [2.24, 2.45) is 9.98 Å². The Morgan fingerprint density at radius 3 is 2.87 bits per heavy atom. The van der Waals surface area contributed by atoms with Crippen molar-refractivity contribution in [1.29, 1.82) is 0 Å². The lowest BCUT2D eigenvalue weighted by molar-refractivity contribution is 0.0306. The minimum atomic E-state index is -3.42. The number of benzene rings is 1. The van der Waals surface area contributed by atoms with E-state index in [-0.39, 0.29) is 11.2 Å². The van der Waals surface area contributed by atoms with Crippen LogP contribution in [0.1, 0.15) is 36.0 Å². The highest BCUT2D eigenvalue weighted by atomic mass is 19.3. The number of nitrogens with zero attached hydrogens (tertiary/aromatic N) is 6. The highest BCUT2D eigenvalue weighted by molar-refractivity contribution is 5.80. The predicted octanol–water partition coefficient (Wildman–Crippen LogP) is 5.00. The molecule has 4 rings (SSSR count). The second-order valence-corrected chi connectivity index (χ2v) is 6.52. The van der Waals surface area contributed by atoms with E-state index in [2.05, 4.69) is 31.9 Å². The molecular formula is C22H18F2N6. The van der Waals surface area contributed by atoms with Crippen LogP contribution < -0.4 is 0 Å². The molecule has 150 valence electrons. The zero-order valence-corrected chi connectivity index (χ0v) is 16.2. The zero-order valence-electron chi connectivity index (χ0n) is 16.2. The van der Waals surface area contributed by atoms with Crippen molar-refractivity contribution in [3.05, 3.63) is 77.9 Å². The van der Waals surface area contributed by atoms with Gasteiger partial charge in [-0.3, -0.25) is 9.98 Å². The average Bonchev–Trinajstić information content (AvgIpc) is 3.00. The lowest BCUT2D eigenvalue weighted by Gasteiger charge is -2.16. The molecule has 0 saturated carbocycles. The standard InChI is InChI=1S/C22H18F2N6/c1-3-15-14-17(7-8-18(15)26-4-2)22(23,24)21-28-27-20-10-9-19(29-30(20)21)16-6-5-12-25-13-11-16/h3-10,12-14H,1,11H2,2H3. The number of aromatic nitrogens is 4. The molecule has 0 spiro atoms. The number of rotatable bonds is 5. The summed E-state index contributed by atoms with van der Waals surface area (Å²) < 4.78 is 32.0. The fraction of sp³-hybridized carbons (Fsp3) is 0.136. The molecule has 6 nitrogen and oxygen atoms in total. The van der Waals surface area contributed by atoms with E-state index in [9.17, 15) is 0 Å². The minimum Gasteiger partial charge on any atom is -0.269 e. The van der Waals surface area contributed by atoms with Crippen LogP contribution in [0.2, 0.25) is 0 Å². The molecule has 0 atom stereocenters. The van der Waals surface area contributed by atoms with Gasteiger partial charge in [0.15, 0.2) is 5.65 Å². The van der Waals surface area contributed by atoms with Crippen molar-refractivity contribution in [1.82, 2.24) is 19.8 Å². The Kier molecular flexibility index (Phi) is 5.14. The Bertz CT molecular complexity index is 1230. The third-order valence-corrected chi connectivity index (χ3v) is 4.64. The number of alkyl halides is 2. The van der Waals surface area contributed by atoms with Gasteiger partial charge < -0.3 is 0 Å². The second kappa shape index (κ2) is 7.90. The fourth-order valence-electron chi connectivity index (χ4n) is 3.13. The molecule has 1 aliphatic rings. The van der Waals surface area contributed by atoms with Gasteiger partial charge in [-0.25, -0.2) is 0 Å². The maximum atomic E-state index is 15.4. The van der Waals surface area contributed by atoms with Crippen molar-refractivity contribution in [2.75, 3.05) is 0 Å². The summed E-state index contributed by atoms with van der Waals surface area (Å²) in [6.45, 7) is 5.45. The van der Waals surface area contributed by atoms with E-state index in [0.29, 0.717) is 23.4 Å². The van der Waals surface area contributed by atoms with Gasteiger partial charge in [-0.05, 0) is 48.4 Å². The van der Waals surface area contributed by atoms with Crippen molar-refractivity contribution < 1.29 is 8.78 Å². The summed E-state index contributed by atoms with van der Waals surface area (Å²) >= 11 is 0. The van der Waals surface area contributed by atoms with Crippen LogP contribution in [-0.2, 0) is 5.92 Å². The molecule has 0 N–H and O–H groups in total. The smallest absolute Gasteiger partial charge is 0.269 e. The van der Waals surface area contributed by atoms with Crippen LogP contribution in [0, 0.1) is 0 Å². The maximum absolute atomic E-state index is 15.4. The van der Waals surface area contributed by atoms with Gasteiger partial charge in [0.1, 0.15) is 0 Å². The molecule has 0 aliphatic carbocycles. The lowest BCUT2D eigenvalue weighted by Crippen LogP contribution is -2.20. The SMILES string of the molecule is C=Cc1cc(C(F)(F)c2nnc3ccc(C4=CC=CN=CC4)nn23)ccc1N=CC. The molecule has 0 bridgehead atoms. The molecule has 3 aromatic rings. The summed E-state index contributed by atoms with van der Waals surface area (Å²) in [5, 5.41) is 12.0. The molecular weight excluding hydrogens is 386 g/mol. The maximum Gasteiger partial charge on any atom is 0.333 e. The molecule has 8 heteroatoms. The summed E-state index contributed by atoms with van der Waals surface area (Å²) in [4.78, 5) is 8.25. The summed E-state index contributed by atoms with van der Waals surface area (Å²) in [6.07, 6.45) is 10.7. The molecule has 0 saturated heterocycles. The van der Waals surface area contributed by atoms with Crippen LogP contribution in [0.25, 0.3) is 17.3 Å². The summed E-state index contributed by atoms with van der Waals surface area (Å²) in [7, 11) is 0. The van der Waals surface area contributed by atoms with E-state index in [1.807, 2.05) is 6.08 Å². The Labute approximate surface area is 171 Å². The molecule has 1 aromatic carbocycles. The number of hydrogen-bond donors (Lipinski definition) is 0. The van der Waals surface area contributed by atoms with Crippen LogP contribution in [0.4, 0.5) is 14.5 Å². The van der Waals surface area contributed by atoms with Gasteiger partial charge in [-0.1, -0.05) is 24.8 Å². The number of hydrogen-bond acceptors (Lipinski definition) is 5. The number of fused-ring (bicyclic) bond motifs is 1. The van der Waals surface area contributed by atoms with Gasteiger partial charge in [-0.15, -0.1) is 10.2 Å². The summed E-state index contributed by atoms with van der Waals surface area (Å²) in [6, 6.07) is 7.57. The molecule has 0 radical (unpaired) electrons. The van der Waals surface area contributed by atoms with Gasteiger partial charge in [0.05, 0.1) is 11.4 Å². The molecule has 2 aromatic heterocycles. The van der Waals surface area contributed by atoms with Gasteiger partial charge >= 0.3 is 5.92 Å². The topological polar surface area (TPSA) is 67.8 Å². The van der Waals surface area contributed by atoms with E-state index >= 15 is 8.78 Å². The van der Waals surface area contributed by atoms with E-state index in [0.717, 1.165) is 10.1 Å². The Morgan fingerprint density at radius 2 is 2.07 bits per heavy atom. The zero-order chi connectivity index (χ0) is 21.1. The highest BCUT2D eigenvalue weighted by Crippen LogP contribution is 2.37. The van der Waals surface area contributed by atoms with E-state index in [4.69, 9.17) is 0 Å². The van der Waals surface area contributed by atoms with Crippen LogP contribution in [0.15, 0.2) is 65.2 Å². The van der Waals surface area contributed by atoms with Crippen molar-refractivity contribution in [3.63, 3.8) is 0 Å². The van der Waals surface area contributed by atoms with Crippen LogP contribution in [0.5, 0.6) is 0 Å². The van der Waals surface area contributed by atoms with Gasteiger partial charge in [0.2, 0.25) is 5.82 Å². The van der Waals surface area contributed by atoms with Crippen molar-refractivity contribution in [2.45, 2.75) is 19.3 Å². The highest BCUT2D eigenvalue weighted by Gasteiger charge is 2.40. The second-order valence-electron chi connectivity index (χ2n) is 6.52. The predicted molar refractivity (Wildman–Crippen MR) is 114 cm³/mol. The van der Waals surface area contributed by atoms with Crippen molar-refractivity contribution in [3.8, 4) is 0 Å². The van der Waals surface area contributed by atoms with E-state index in [1.165, 1.54) is 24.3 Å². The number of aliphatic imine (C=N–C) groups is 2. The van der Waals surface area contributed by atoms with Crippen molar-refractivity contribution >= 4 is 35.4 Å². The largest absolute Gasteiger partial charge is 0.333 e. The third-order valence-electron chi connectivity index (χ3n) is 4.64. The first-order valence-corrected chi connectivity index (χ1v) is 9.28. The fourth-order valence-corrected chi connectivity index (χ4v) is 3.13. The van der Waals surface area contributed by atoms with Crippen LogP contribution in [-0.4, -0.2) is 32.2 Å². The summed E-state index contributed by atoms with van der Waals surface area (Å²) in [5.74, 6) is -3.98. The lowest BCUT2D eigenvalue weighted by atomic mass is 10.0. The summed E-state index contributed by atoms with van der Waals surface area (Å²) in [5.41, 5.74) is 2.47. The van der Waals surface area contributed by atoms with Gasteiger partial charge in [0.25, 0.3) is 0 Å². The molecule has 1 aliphatic heterocycles. The first kappa shape index (κ1) is 19.5. The van der Waals surface area contributed by atoms with E-state index < -0.39 is 11.7 Å². The third kappa shape index (κ3) is 3.47. The normalized spacial score (nSPS) is 14.3. The van der Waals surface area contributed by atoms with Gasteiger partial charge in [-0.2, -0.15) is 18.4 Å². The monoisotopic (exact) mass is 404 g/mol. The molecule has 0 fully saturated rings. The first-order valence-electron chi connectivity index (χ1n) is 9.28. The molecule has 30 heavy (non-hydrogen) atoms. The van der Waals surface area contributed by atoms with E-state index in [1.54, 1.807) is 43.8 Å².